The van der Waals surface area contributed by atoms with Crippen molar-refractivity contribution < 1.29 is 19.5 Å². The van der Waals surface area contributed by atoms with Gasteiger partial charge in [-0.2, -0.15) is 0 Å². The first kappa shape index (κ1) is 14.8. The van der Waals surface area contributed by atoms with Crippen molar-refractivity contribution in [1.29, 1.82) is 0 Å². The topological polar surface area (TPSA) is 98.7 Å². The Morgan fingerprint density at radius 1 is 1.43 bits per heavy atom. The van der Waals surface area contributed by atoms with Crippen molar-refractivity contribution in [2.24, 2.45) is 0 Å². The highest BCUT2D eigenvalue weighted by molar-refractivity contribution is 6.05. The van der Waals surface area contributed by atoms with Crippen molar-refractivity contribution in [3.8, 4) is 0 Å². The zero-order chi connectivity index (χ0) is 15.7. The quantitative estimate of drug-likeness (QED) is 0.760. The van der Waals surface area contributed by atoms with Gasteiger partial charge < -0.3 is 20.6 Å². The maximum absolute atomic E-state index is 12.0. The van der Waals surface area contributed by atoms with E-state index in [0.29, 0.717) is 11.3 Å². The highest BCUT2D eigenvalue weighted by atomic mass is 16.4. The summed E-state index contributed by atoms with van der Waals surface area (Å²) in [4.78, 5) is 36.3. The maximum atomic E-state index is 12.0. The SMILES string of the molecule is CC1C(=O)Nc2cc(C(=O)N[C@@H](C)C(=O)O)ccc2N1C. The molecule has 2 amide bonds. The average Bonchev–Trinajstić information content (AvgIpc) is 2.44. The Balaban J connectivity index is 2.26. The van der Waals surface area contributed by atoms with E-state index in [1.165, 1.54) is 6.92 Å². The van der Waals surface area contributed by atoms with Gasteiger partial charge in [0.05, 0.1) is 11.4 Å². The molecule has 0 radical (unpaired) electrons. The van der Waals surface area contributed by atoms with Crippen LogP contribution in [-0.4, -0.2) is 42.0 Å². The smallest absolute Gasteiger partial charge is 0.325 e. The molecular formula is C14H17N3O4. The van der Waals surface area contributed by atoms with Gasteiger partial charge in [0.1, 0.15) is 12.1 Å². The Morgan fingerprint density at radius 3 is 2.71 bits per heavy atom. The molecule has 21 heavy (non-hydrogen) atoms. The van der Waals surface area contributed by atoms with E-state index in [1.807, 2.05) is 4.90 Å². The number of carboxylic acids is 1. The molecule has 1 aromatic rings. The van der Waals surface area contributed by atoms with Crippen molar-refractivity contribution in [3.63, 3.8) is 0 Å². The van der Waals surface area contributed by atoms with Crippen molar-refractivity contribution in [2.75, 3.05) is 17.3 Å². The standard InChI is InChI=1S/C14H17N3O4/c1-7(14(20)21)15-13(19)9-4-5-11-10(6-9)16-12(18)8(2)17(11)3/h4-8H,1-3H3,(H,15,19)(H,16,18)(H,20,21)/t7-,8?/m0/s1. The monoisotopic (exact) mass is 291 g/mol. The van der Waals surface area contributed by atoms with Crippen LogP contribution in [0.5, 0.6) is 0 Å². The number of nitrogens with zero attached hydrogens (tertiary/aromatic N) is 1. The number of carbonyl (C=O) groups excluding carboxylic acids is 2. The average molecular weight is 291 g/mol. The number of carbonyl (C=O) groups is 3. The molecule has 1 aliphatic rings. The maximum Gasteiger partial charge on any atom is 0.325 e. The van der Waals surface area contributed by atoms with Crippen molar-refractivity contribution in [2.45, 2.75) is 25.9 Å². The third kappa shape index (κ3) is 2.81. The van der Waals surface area contributed by atoms with Gasteiger partial charge in [-0.25, -0.2) is 0 Å². The molecule has 0 aliphatic carbocycles. The first-order valence-electron chi connectivity index (χ1n) is 6.52. The van der Waals surface area contributed by atoms with Gasteiger partial charge in [-0.15, -0.1) is 0 Å². The van der Waals surface area contributed by atoms with Crippen molar-refractivity contribution >= 4 is 29.2 Å². The Morgan fingerprint density at radius 2 is 2.10 bits per heavy atom. The van der Waals surface area contributed by atoms with Gasteiger partial charge in [-0.3, -0.25) is 14.4 Å². The van der Waals surface area contributed by atoms with Crippen LogP contribution in [0, 0.1) is 0 Å². The van der Waals surface area contributed by atoms with E-state index < -0.39 is 17.9 Å². The minimum absolute atomic E-state index is 0.151. The number of hydrogen-bond donors (Lipinski definition) is 3. The van der Waals surface area contributed by atoms with Crippen LogP contribution in [0.3, 0.4) is 0 Å². The highest BCUT2D eigenvalue weighted by Crippen LogP contribution is 2.31. The molecule has 0 fully saturated rings. The molecule has 1 heterocycles. The molecule has 0 bridgehead atoms. The van der Waals surface area contributed by atoms with Crippen LogP contribution in [0.25, 0.3) is 0 Å². The van der Waals surface area contributed by atoms with E-state index in [4.69, 9.17) is 5.11 Å². The van der Waals surface area contributed by atoms with E-state index in [-0.39, 0.29) is 11.9 Å². The molecule has 0 saturated carbocycles. The number of benzene rings is 1. The summed E-state index contributed by atoms with van der Waals surface area (Å²) in [6.07, 6.45) is 0. The van der Waals surface area contributed by atoms with Crippen LogP contribution in [0.15, 0.2) is 18.2 Å². The molecule has 2 rings (SSSR count). The lowest BCUT2D eigenvalue weighted by atomic mass is 10.1. The Labute approximate surface area is 121 Å². The Kier molecular flexibility index (Phi) is 3.84. The van der Waals surface area contributed by atoms with Gasteiger partial charge in [0.2, 0.25) is 5.91 Å². The van der Waals surface area contributed by atoms with Gasteiger partial charge in [-0.1, -0.05) is 0 Å². The van der Waals surface area contributed by atoms with E-state index in [2.05, 4.69) is 10.6 Å². The molecule has 7 nitrogen and oxygen atoms in total. The molecule has 0 spiro atoms. The Bertz CT molecular complexity index is 614. The number of likely N-dealkylation sites (N-methyl/N-ethyl adjacent to an activating group) is 1. The number of rotatable bonds is 3. The number of anilines is 2. The van der Waals surface area contributed by atoms with Gasteiger partial charge in [-0.05, 0) is 32.0 Å². The minimum Gasteiger partial charge on any atom is -0.480 e. The summed E-state index contributed by atoms with van der Waals surface area (Å²) in [5.74, 6) is -1.76. The van der Waals surface area contributed by atoms with Crippen LogP contribution in [-0.2, 0) is 9.59 Å². The zero-order valence-corrected chi connectivity index (χ0v) is 12.0. The summed E-state index contributed by atoms with van der Waals surface area (Å²) < 4.78 is 0. The predicted molar refractivity (Wildman–Crippen MR) is 77.5 cm³/mol. The summed E-state index contributed by atoms with van der Waals surface area (Å²) in [6, 6.07) is 3.60. The minimum atomic E-state index is -1.11. The summed E-state index contributed by atoms with van der Waals surface area (Å²) in [5.41, 5.74) is 1.64. The van der Waals surface area contributed by atoms with Crippen molar-refractivity contribution in [3.05, 3.63) is 23.8 Å². The second-order valence-electron chi connectivity index (χ2n) is 5.04. The first-order valence-corrected chi connectivity index (χ1v) is 6.52. The lowest BCUT2D eigenvalue weighted by Gasteiger charge is -2.33. The number of aliphatic carboxylic acids is 1. The molecule has 3 N–H and O–H groups in total. The number of hydrogen-bond acceptors (Lipinski definition) is 4. The largest absolute Gasteiger partial charge is 0.480 e. The molecular weight excluding hydrogens is 274 g/mol. The van der Waals surface area contributed by atoms with Crippen LogP contribution < -0.4 is 15.5 Å². The van der Waals surface area contributed by atoms with Crippen molar-refractivity contribution in [1.82, 2.24) is 5.32 Å². The van der Waals surface area contributed by atoms with Crippen LogP contribution in [0.4, 0.5) is 11.4 Å². The van der Waals surface area contributed by atoms with E-state index in [9.17, 15) is 14.4 Å². The molecule has 0 saturated heterocycles. The number of carboxylic acid groups (broad SMARTS) is 1. The second-order valence-corrected chi connectivity index (χ2v) is 5.04. The molecule has 7 heteroatoms. The summed E-state index contributed by atoms with van der Waals surface area (Å²) in [5, 5.41) is 13.9. The third-order valence-electron chi connectivity index (χ3n) is 3.58. The lowest BCUT2D eigenvalue weighted by Crippen LogP contribution is -2.44. The highest BCUT2D eigenvalue weighted by Gasteiger charge is 2.27. The molecule has 112 valence electrons. The normalized spacial score (nSPS) is 18.5. The second kappa shape index (κ2) is 5.43. The molecule has 1 aliphatic heterocycles. The van der Waals surface area contributed by atoms with Gasteiger partial charge in [0.25, 0.3) is 5.91 Å². The van der Waals surface area contributed by atoms with Gasteiger partial charge in [0, 0.05) is 12.6 Å². The van der Waals surface area contributed by atoms with E-state index in [1.54, 1.807) is 32.2 Å². The summed E-state index contributed by atoms with van der Waals surface area (Å²) >= 11 is 0. The van der Waals surface area contributed by atoms with E-state index in [0.717, 1.165) is 5.69 Å². The van der Waals surface area contributed by atoms with Gasteiger partial charge in [0.15, 0.2) is 0 Å². The third-order valence-corrected chi connectivity index (χ3v) is 3.58. The molecule has 1 unspecified atom stereocenters. The van der Waals surface area contributed by atoms with Crippen LogP contribution in [0.1, 0.15) is 24.2 Å². The zero-order valence-electron chi connectivity index (χ0n) is 12.0. The fraction of sp³-hybridized carbons (Fsp3) is 0.357. The number of nitrogens with one attached hydrogen (secondary N) is 2. The van der Waals surface area contributed by atoms with E-state index >= 15 is 0 Å². The summed E-state index contributed by atoms with van der Waals surface area (Å²) in [6.45, 7) is 3.17. The van der Waals surface area contributed by atoms with Crippen LogP contribution >= 0.6 is 0 Å². The Hall–Kier alpha value is -2.57. The number of fused-ring (bicyclic) bond motifs is 1. The number of amides is 2. The fourth-order valence-corrected chi connectivity index (χ4v) is 2.05. The van der Waals surface area contributed by atoms with Gasteiger partial charge >= 0.3 is 5.97 Å². The first-order chi connectivity index (χ1) is 9.81. The predicted octanol–water partition coefficient (Wildman–Crippen LogP) is 0.666. The fourth-order valence-electron chi connectivity index (χ4n) is 2.05. The lowest BCUT2D eigenvalue weighted by molar-refractivity contribution is -0.138. The molecule has 2 atom stereocenters. The summed E-state index contributed by atoms with van der Waals surface area (Å²) in [7, 11) is 1.80. The molecule has 0 aromatic heterocycles. The molecule has 1 aromatic carbocycles. The van der Waals surface area contributed by atoms with Crippen LogP contribution in [0.2, 0.25) is 0 Å².